The van der Waals surface area contributed by atoms with Crippen LogP contribution in [0, 0.1) is 12.8 Å². The number of nitrogens with one attached hydrogen (secondary N) is 1. The Labute approximate surface area is 119 Å². The fourth-order valence-corrected chi connectivity index (χ4v) is 2.60. The molecular weight excluding hydrogens is 252 g/mol. The maximum absolute atomic E-state index is 5.01. The molecule has 2 aromatic heterocycles. The minimum Gasteiger partial charge on any atom is -0.346 e. The monoisotopic (exact) mass is 274 g/mol. The number of hydrogen-bond donors (Lipinski definition) is 1. The number of aromatic nitrogens is 3. The molecule has 0 aliphatic heterocycles. The minimum atomic E-state index is 0.503. The van der Waals surface area contributed by atoms with Crippen molar-refractivity contribution in [1.82, 2.24) is 20.0 Å². The van der Waals surface area contributed by atoms with Crippen LogP contribution >= 0.6 is 0 Å². The van der Waals surface area contributed by atoms with Gasteiger partial charge >= 0.3 is 0 Å². The van der Waals surface area contributed by atoms with Crippen molar-refractivity contribution in [3.05, 3.63) is 35.7 Å². The van der Waals surface area contributed by atoms with Gasteiger partial charge in [-0.2, -0.15) is 4.98 Å². The first-order valence-corrected chi connectivity index (χ1v) is 7.44. The lowest BCUT2D eigenvalue weighted by Crippen LogP contribution is -2.23. The molecular formula is C15H22N4O. The van der Waals surface area contributed by atoms with Gasteiger partial charge in [-0.3, -0.25) is 0 Å². The zero-order valence-electron chi connectivity index (χ0n) is 12.2. The van der Waals surface area contributed by atoms with Gasteiger partial charge in [0.2, 0.25) is 5.89 Å². The van der Waals surface area contributed by atoms with Crippen LogP contribution in [0.5, 0.6) is 0 Å². The van der Waals surface area contributed by atoms with Gasteiger partial charge in [0.15, 0.2) is 5.82 Å². The molecule has 1 saturated carbocycles. The highest BCUT2D eigenvalue weighted by Crippen LogP contribution is 2.41. The summed E-state index contributed by atoms with van der Waals surface area (Å²) >= 11 is 0. The second kappa shape index (κ2) is 5.79. The van der Waals surface area contributed by atoms with E-state index in [2.05, 4.69) is 45.4 Å². The van der Waals surface area contributed by atoms with E-state index in [1.54, 1.807) is 0 Å². The maximum Gasteiger partial charge on any atom is 0.223 e. The van der Waals surface area contributed by atoms with E-state index in [0.717, 1.165) is 18.3 Å². The van der Waals surface area contributed by atoms with Gasteiger partial charge in [0.25, 0.3) is 0 Å². The predicted molar refractivity (Wildman–Crippen MR) is 76.3 cm³/mol. The minimum absolute atomic E-state index is 0.503. The van der Waals surface area contributed by atoms with E-state index in [4.69, 9.17) is 4.52 Å². The normalized spacial score (nSPS) is 16.5. The average molecular weight is 274 g/mol. The van der Waals surface area contributed by atoms with Gasteiger partial charge in [0.1, 0.15) is 0 Å². The first kappa shape index (κ1) is 13.4. The lowest BCUT2D eigenvalue weighted by Gasteiger charge is -2.16. The van der Waals surface area contributed by atoms with E-state index >= 15 is 0 Å². The summed E-state index contributed by atoms with van der Waals surface area (Å²) < 4.78 is 7.13. The van der Waals surface area contributed by atoms with E-state index in [9.17, 15) is 0 Å². The highest BCUT2D eigenvalue weighted by molar-refractivity contribution is 5.18. The van der Waals surface area contributed by atoms with Gasteiger partial charge in [0, 0.05) is 25.4 Å². The van der Waals surface area contributed by atoms with Crippen LogP contribution in [0.3, 0.4) is 0 Å². The first-order chi connectivity index (χ1) is 9.76. The number of nitrogens with zero attached hydrogens (tertiary/aromatic N) is 3. The molecule has 0 saturated heterocycles. The molecule has 0 radical (unpaired) electrons. The molecule has 5 heteroatoms. The van der Waals surface area contributed by atoms with Crippen molar-refractivity contribution >= 4 is 0 Å². The Morgan fingerprint density at radius 1 is 1.50 bits per heavy atom. The molecule has 1 aliphatic rings. The highest BCUT2D eigenvalue weighted by atomic mass is 16.5. The van der Waals surface area contributed by atoms with Crippen molar-refractivity contribution in [2.45, 2.75) is 45.7 Å². The Bertz CT molecular complexity index is 556. The summed E-state index contributed by atoms with van der Waals surface area (Å²) in [5, 5.41) is 7.61. The smallest absolute Gasteiger partial charge is 0.223 e. The Morgan fingerprint density at radius 2 is 2.35 bits per heavy atom. The molecule has 5 nitrogen and oxygen atoms in total. The molecule has 3 rings (SSSR count). The van der Waals surface area contributed by atoms with Crippen molar-refractivity contribution in [3.8, 4) is 0 Å². The molecule has 2 heterocycles. The number of rotatable bonds is 7. The van der Waals surface area contributed by atoms with E-state index < -0.39 is 0 Å². The molecule has 2 aromatic rings. The molecule has 108 valence electrons. The van der Waals surface area contributed by atoms with Crippen LogP contribution in [-0.2, 0) is 6.54 Å². The molecule has 1 unspecified atom stereocenters. The first-order valence-electron chi connectivity index (χ1n) is 7.44. The molecule has 0 amide bonds. The third kappa shape index (κ3) is 3.10. The summed E-state index contributed by atoms with van der Waals surface area (Å²) in [7, 11) is 0. The van der Waals surface area contributed by atoms with Crippen LogP contribution in [0.15, 0.2) is 23.0 Å². The van der Waals surface area contributed by atoms with Crippen molar-refractivity contribution in [3.63, 3.8) is 0 Å². The maximum atomic E-state index is 5.01. The Hall–Kier alpha value is -1.62. The zero-order chi connectivity index (χ0) is 13.9. The third-order valence-electron chi connectivity index (χ3n) is 3.73. The second-order valence-corrected chi connectivity index (χ2v) is 5.62. The second-order valence-electron chi connectivity index (χ2n) is 5.62. The van der Waals surface area contributed by atoms with Crippen molar-refractivity contribution in [2.75, 3.05) is 6.54 Å². The van der Waals surface area contributed by atoms with Crippen LogP contribution in [0.25, 0.3) is 0 Å². The van der Waals surface area contributed by atoms with Gasteiger partial charge in [-0.25, -0.2) is 0 Å². The summed E-state index contributed by atoms with van der Waals surface area (Å²) in [6.45, 7) is 5.77. The van der Waals surface area contributed by atoms with E-state index in [-0.39, 0.29) is 0 Å². The van der Waals surface area contributed by atoms with E-state index in [1.807, 2.05) is 6.92 Å². The van der Waals surface area contributed by atoms with Crippen LogP contribution < -0.4 is 5.32 Å². The van der Waals surface area contributed by atoms with Gasteiger partial charge < -0.3 is 14.4 Å². The number of aryl methyl sites for hydroxylation is 1. The fraction of sp³-hybridized carbons (Fsp3) is 0.600. The van der Waals surface area contributed by atoms with Crippen molar-refractivity contribution in [2.24, 2.45) is 5.92 Å². The van der Waals surface area contributed by atoms with Crippen LogP contribution in [0.4, 0.5) is 0 Å². The topological polar surface area (TPSA) is 55.9 Å². The molecule has 1 fully saturated rings. The molecule has 1 aliphatic carbocycles. The molecule has 1 N–H and O–H groups in total. The summed E-state index contributed by atoms with van der Waals surface area (Å²) in [5.74, 6) is 2.16. The average Bonchev–Trinajstić information content (AvgIpc) is 3.03. The number of hydrogen-bond acceptors (Lipinski definition) is 4. The van der Waals surface area contributed by atoms with Crippen molar-refractivity contribution < 1.29 is 4.52 Å². The van der Waals surface area contributed by atoms with Crippen LogP contribution in [0.2, 0.25) is 0 Å². The third-order valence-corrected chi connectivity index (χ3v) is 3.73. The van der Waals surface area contributed by atoms with Crippen LogP contribution in [-0.4, -0.2) is 21.3 Å². The Kier molecular flexibility index (Phi) is 3.87. The van der Waals surface area contributed by atoms with E-state index in [1.165, 1.54) is 24.8 Å². The molecule has 1 atom stereocenters. The summed E-state index contributed by atoms with van der Waals surface area (Å²) in [6, 6.07) is 2.71. The van der Waals surface area contributed by atoms with Crippen molar-refractivity contribution in [1.29, 1.82) is 0 Å². The lowest BCUT2D eigenvalue weighted by molar-refractivity contribution is 0.386. The highest BCUT2D eigenvalue weighted by Gasteiger charge is 2.32. The fourth-order valence-electron chi connectivity index (χ4n) is 2.60. The standard InChI is InChI=1S/C15H22N4O/c1-3-7-16-15(12-4-5-12)13-6-8-19(9-13)10-14-17-11(2)20-18-14/h6,8-9,12,15-16H,3-5,7,10H2,1-2H3. The summed E-state index contributed by atoms with van der Waals surface area (Å²) in [5.41, 5.74) is 1.38. The predicted octanol–water partition coefficient (Wildman–Crippen LogP) is 2.68. The molecule has 0 bridgehead atoms. The SMILES string of the molecule is CCCNC(c1ccn(Cc2noc(C)n2)c1)C1CC1. The Balaban J connectivity index is 1.68. The molecule has 0 aromatic carbocycles. The lowest BCUT2D eigenvalue weighted by atomic mass is 10.1. The van der Waals surface area contributed by atoms with Gasteiger partial charge in [-0.05, 0) is 43.4 Å². The zero-order valence-corrected chi connectivity index (χ0v) is 12.2. The Morgan fingerprint density at radius 3 is 3.00 bits per heavy atom. The van der Waals surface area contributed by atoms with Gasteiger partial charge in [-0.15, -0.1) is 0 Å². The van der Waals surface area contributed by atoms with Crippen LogP contribution in [0.1, 0.15) is 49.5 Å². The largest absolute Gasteiger partial charge is 0.346 e. The van der Waals surface area contributed by atoms with E-state index in [0.29, 0.717) is 18.5 Å². The molecule has 0 spiro atoms. The quantitative estimate of drug-likeness (QED) is 0.843. The summed E-state index contributed by atoms with van der Waals surface area (Å²) in [6.07, 6.45) is 8.17. The van der Waals surface area contributed by atoms with Gasteiger partial charge in [0.05, 0.1) is 6.54 Å². The van der Waals surface area contributed by atoms with Gasteiger partial charge in [-0.1, -0.05) is 12.1 Å². The summed E-state index contributed by atoms with van der Waals surface area (Å²) in [4.78, 5) is 4.24. The molecule has 20 heavy (non-hydrogen) atoms.